The third kappa shape index (κ3) is 3.61. The maximum atomic E-state index is 12.7. The number of amides is 1. The van der Waals surface area contributed by atoms with Crippen LogP contribution in [0.15, 0.2) is 41.3 Å². The first kappa shape index (κ1) is 19.5. The molecule has 0 bridgehead atoms. The van der Waals surface area contributed by atoms with E-state index in [1.165, 1.54) is 10.9 Å². The summed E-state index contributed by atoms with van der Waals surface area (Å²) in [6.07, 6.45) is 5.38. The van der Waals surface area contributed by atoms with Gasteiger partial charge in [0.25, 0.3) is 5.56 Å². The Labute approximate surface area is 182 Å². The summed E-state index contributed by atoms with van der Waals surface area (Å²) in [6, 6.07) is 8.83. The molecular weight excluding hydrogens is 418 g/mol. The van der Waals surface area contributed by atoms with Crippen LogP contribution in [0.5, 0.6) is 0 Å². The van der Waals surface area contributed by atoms with E-state index in [2.05, 4.69) is 25.5 Å². The molecule has 1 aromatic carbocycles. The summed E-state index contributed by atoms with van der Waals surface area (Å²) in [5.41, 5.74) is 1.44. The number of aromatic nitrogens is 6. The molecule has 4 aromatic rings. The Morgan fingerprint density at radius 2 is 1.94 bits per heavy atom. The van der Waals surface area contributed by atoms with E-state index in [1.807, 2.05) is 6.92 Å². The van der Waals surface area contributed by atoms with Gasteiger partial charge in [-0.1, -0.05) is 24.4 Å². The number of benzene rings is 1. The van der Waals surface area contributed by atoms with Crippen LogP contribution in [-0.2, 0) is 4.79 Å². The molecule has 10 heteroatoms. The van der Waals surface area contributed by atoms with Crippen LogP contribution in [0.2, 0.25) is 5.02 Å². The van der Waals surface area contributed by atoms with Gasteiger partial charge in [0.1, 0.15) is 11.2 Å². The zero-order valence-electron chi connectivity index (χ0n) is 16.8. The SMILES string of the molecule is Cc1cc(NC(=O)C2CCCC2)n(-c2nc3c(cnn3-c3ccc(Cl)cc3)c(=O)[nH]2)n1. The van der Waals surface area contributed by atoms with Gasteiger partial charge in [-0.05, 0) is 44.0 Å². The lowest BCUT2D eigenvalue weighted by atomic mass is 10.1. The Hall–Kier alpha value is -3.46. The van der Waals surface area contributed by atoms with Crippen molar-refractivity contribution in [2.75, 3.05) is 5.32 Å². The fraction of sp³-hybridized carbons (Fsp3) is 0.286. The molecule has 0 radical (unpaired) electrons. The number of carbonyl (C=O) groups is 1. The molecule has 0 atom stereocenters. The molecule has 0 aliphatic heterocycles. The van der Waals surface area contributed by atoms with Gasteiger partial charge in [0.05, 0.1) is 17.6 Å². The lowest BCUT2D eigenvalue weighted by molar-refractivity contribution is -0.119. The largest absolute Gasteiger partial charge is 0.310 e. The fourth-order valence-corrected chi connectivity index (χ4v) is 4.07. The molecule has 2 N–H and O–H groups in total. The molecule has 3 aromatic heterocycles. The van der Waals surface area contributed by atoms with Crippen LogP contribution in [0.4, 0.5) is 5.82 Å². The minimum atomic E-state index is -0.346. The average molecular weight is 438 g/mol. The first-order valence-corrected chi connectivity index (χ1v) is 10.5. The van der Waals surface area contributed by atoms with Crippen molar-refractivity contribution in [2.24, 2.45) is 5.92 Å². The third-order valence-corrected chi connectivity index (χ3v) is 5.76. The fourth-order valence-electron chi connectivity index (χ4n) is 3.94. The highest BCUT2D eigenvalue weighted by molar-refractivity contribution is 6.30. The van der Waals surface area contributed by atoms with Crippen LogP contribution < -0.4 is 10.9 Å². The summed E-state index contributed by atoms with van der Waals surface area (Å²) >= 11 is 5.98. The summed E-state index contributed by atoms with van der Waals surface area (Å²) in [6.45, 7) is 1.82. The molecule has 0 spiro atoms. The van der Waals surface area contributed by atoms with E-state index in [9.17, 15) is 9.59 Å². The van der Waals surface area contributed by atoms with Gasteiger partial charge in [0.15, 0.2) is 5.65 Å². The molecule has 1 saturated carbocycles. The van der Waals surface area contributed by atoms with Crippen LogP contribution in [0, 0.1) is 12.8 Å². The molecular formula is C21H20ClN7O2. The van der Waals surface area contributed by atoms with E-state index in [4.69, 9.17) is 11.6 Å². The molecule has 1 amide bonds. The Morgan fingerprint density at radius 1 is 1.19 bits per heavy atom. The van der Waals surface area contributed by atoms with E-state index in [0.717, 1.165) is 31.4 Å². The van der Waals surface area contributed by atoms with E-state index < -0.39 is 0 Å². The van der Waals surface area contributed by atoms with E-state index >= 15 is 0 Å². The molecule has 1 aliphatic rings. The number of nitrogens with zero attached hydrogens (tertiary/aromatic N) is 5. The van der Waals surface area contributed by atoms with Crippen molar-refractivity contribution < 1.29 is 4.79 Å². The van der Waals surface area contributed by atoms with Crippen LogP contribution >= 0.6 is 11.6 Å². The maximum absolute atomic E-state index is 12.7. The van der Waals surface area contributed by atoms with Crippen molar-refractivity contribution in [3.05, 3.63) is 57.6 Å². The summed E-state index contributed by atoms with van der Waals surface area (Å²) in [7, 11) is 0. The number of aryl methyl sites for hydroxylation is 1. The Bertz CT molecular complexity index is 1330. The van der Waals surface area contributed by atoms with E-state index in [1.54, 1.807) is 35.0 Å². The first-order chi connectivity index (χ1) is 15.0. The number of hydrogen-bond acceptors (Lipinski definition) is 5. The molecule has 158 valence electrons. The highest BCUT2D eigenvalue weighted by Crippen LogP contribution is 2.26. The second-order valence-corrected chi connectivity index (χ2v) is 8.15. The molecule has 3 heterocycles. The number of hydrogen-bond donors (Lipinski definition) is 2. The topological polar surface area (TPSA) is 110 Å². The van der Waals surface area contributed by atoms with Gasteiger partial charge in [0, 0.05) is 17.0 Å². The van der Waals surface area contributed by atoms with Gasteiger partial charge in [-0.3, -0.25) is 14.6 Å². The van der Waals surface area contributed by atoms with Crippen LogP contribution in [0.3, 0.4) is 0 Å². The predicted molar refractivity (Wildman–Crippen MR) is 117 cm³/mol. The summed E-state index contributed by atoms with van der Waals surface area (Å²) in [4.78, 5) is 32.7. The lowest BCUT2D eigenvalue weighted by Crippen LogP contribution is -2.23. The number of fused-ring (bicyclic) bond motifs is 1. The van der Waals surface area contributed by atoms with Crippen molar-refractivity contribution in [2.45, 2.75) is 32.6 Å². The summed E-state index contributed by atoms with van der Waals surface area (Å²) in [5, 5.41) is 12.6. The molecule has 0 saturated heterocycles. The zero-order valence-corrected chi connectivity index (χ0v) is 17.6. The molecule has 5 rings (SSSR count). The summed E-state index contributed by atoms with van der Waals surface area (Å²) < 4.78 is 3.01. The Balaban J connectivity index is 1.58. The number of H-pyrrole nitrogens is 1. The number of halogens is 1. The van der Waals surface area contributed by atoms with Crippen molar-refractivity contribution >= 4 is 34.4 Å². The van der Waals surface area contributed by atoms with Crippen molar-refractivity contribution in [3.8, 4) is 11.6 Å². The quantitative estimate of drug-likeness (QED) is 0.508. The third-order valence-electron chi connectivity index (χ3n) is 5.51. The Kier molecular flexibility index (Phi) is 4.82. The van der Waals surface area contributed by atoms with Gasteiger partial charge in [0.2, 0.25) is 11.9 Å². The molecule has 31 heavy (non-hydrogen) atoms. The predicted octanol–water partition coefficient (Wildman–Crippen LogP) is 3.39. The van der Waals surface area contributed by atoms with Crippen molar-refractivity contribution in [3.63, 3.8) is 0 Å². The number of aromatic amines is 1. The monoisotopic (exact) mass is 437 g/mol. The molecule has 9 nitrogen and oxygen atoms in total. The maximum Gasteiger partial charge on any atom is 0.263 e. The number of rotatable bonds is 4. The molecule has 1 aliphatic carbocycles. The van der Waals surface area contributed by atoms with Crippen molar-refractivity contribution in [1.82, 2.24) is 29.5 Å². The minimum absolute atomic E-state index is 0.00415. The smallest absolute Gasteiger partial charge is 0.263 e. The van der Waals surface area contributed by atoms with Crippen molar-refractivity contribution in [1.29, 1.82) is 0 Å². The highest BCUT2D eigenvalue weighted by Gasteiger charge is 2.24. The standard InChI is InChI=1S/C21H20ClN7O2/c1-12-10-17(24-19(30)13-4-2-3-5-13)29(27-12)21-25-18-16(20(31)26-21)11-23-28(18)15-8-6-14(22)7-9-15/h6-11,13H,2-5H2,1H3,(H,24,30)(H,25,26,31). The lowest BCUT2D eigenvalue weighted by Gasteiger charge is -2.12. The Morgan fingerprint density at radius 3 is 2.68 bits per heavy atom. The number of anilines is 1. The van der Waals surface area contributed by atoms with Gasteiger partial charge < -0.3 is 5.32 Å². The van der Waals surface area contributed by atoms with E-state index in [0.29, 0.717) is 27.6 Å². The highest BCUT2D eigenvalue weighted by atomic mass is 35.5. The second kappa shape index (κ2) is 7.66. The van der Waals surface area contributed by atoms with Gasteiger partial charge >= 0.3 is 0 Å². The summed E-state index contributed by atoms with van der Waals surface area (Å²) in [5.74, 6) is 0.634. The van der Waals surface area contributed by atoms with Gasteiger partial charge in [-0.25, -0.2) is 4.68 Å². The molecule has 1 fully saturated rings. The minimum Gasteiger partial charge on any atom is -0.310 e. The average Bonchev–Trinajstić information content (AvgIpc) is 3.48. The van der Waals surface area contributed by atoms with Gasteiger partial charge in [-0.2, -0.15) is 19.9 Å². The normalized spacial score (nSPS) is 14.4. The number of carbonyl (C=O) groups excluding carboxylic acids is 1. The van der Waals surface area contributed by atoms with Gasteiger partial charge in [-0.15, -0.1) is 0 Å². The van der Waals surface area contributed by atoms with Crippen LogP contribution in [0.25, 0.3) is 22.7 Å². The van der Waals surface area contributed by atoms with Crippen LogP contribution in [-0.4, -0.2) is 35.4 Å². The van der Waals surface area contributed by atoms with Crippen LogP contribution in [0.1, 0.15) is 31.4 Å². The molecule has 0 unspecified atom stereocenters. The van der Waals surface area contributed by atoms with E-state index in [-0.39, 0.29) is 23.3 Å². The first-order valence-electron chi connectivity index (χ1n) is 10.1. The second-order valence-electron chi connectivity index (χ2n) is 7.71. The zero-order chi connectivity index (χ0) is 21.5. The number of nitrogens with one attached hydrogen (secondary N) is 2.